The summed E-state index contributed by atoms with van der Waals surface area (Å²) in [4.78, 5) is 21.4. The minimum Gasteiger partial charge on any atom is -0.478 e. The number of aromatic carboxylic acids is 1. The number of hydrogen-bond donors (Lipinski definition) is 2. The molecule has 5 nitrogen and oxygen atoms in total. The predicted octanol–water partition coefficient (Wildman–Crippen LogP) is 1.21. The van der Waals surface area contributed by atoms with E-state index < -0.39 is 11.8 Å². The van der Waals surface area contributed by atoms with Gasteiger partial charge in [-0.25, -0.2) is 9.18 Å². The number of fused-ring (bicyclic) bond motifs is 1. The second-order valence-electron chi connectivity index (χ2n) is 2.91. The van der Waals surface area contributed by atoms with Gasteiger partial charge in [-0.05, 0) is 12.1 Å². The number of benzene rings is 1. The van der Waals surface area contributed by atoms with Gasteiger partial charge in [0.15, 0.2) is 6.29 Å². The molecule has 0 amide bonds. The number of carboxylic acid groups (broad SMARTS) is 1. The van der Waals surface area contributed by atoms with Crippen molar-refractivity contribution in [1.82, 2.24) is 10.2 Å². The second-order valence-corrected chi connectivity index (χ2v) is 2.91. The second kappa shape index (κ2) is 3.16. The number of nitrogens with one attached hydrogen (secondary N) is 1. The van der Waals surface area contributed by atoms with Gasteiger partial charge >= 0.3 is 5.97 Å². The van der Waals surface area contributed by atoms with Crippen molar-refractivity contribution in [1.29, 1.82) is 0 Å². The van der Waals surface area contributed by atoms with Gasteiger partial charge in [-0.3, -0.25) is 9.89 Å². The number of carbonyl (C=O) groups excluding carboxylic acids is 1. The molecule has 76 valence electrons. The van der Waals surface area contributed by atoms with E-state index in [2.05, 4.69) is 10.2 Å². The molecule has 2 N–H and O–H groups in total. The van der Waals surface area contributed by atoms with E-state index in [1.807, 2.05) is 0 Å². The number of halogens is 1. The van der Waals surface area contributed by atoms with Gasteiger partial charge in [-0.1, -0.05) is 0 Å². The van der Waals surface area contributed by atoms with Crippen LogP contribution in [0.4, 0.5) is 4.39 Å². The number of carbonyl (C=O) groups is 2. The summed E-state index contributed by atoms with van der Waals surface area (Å²) in [6.45, 7) is 0. The quantitative estimate of drug-likeness (QED) is 0.726. The van der Waals surface area contributed by atoms with Gasteiger partial charge in [0, 0.05) is 5.39 Å². The molecular formula is C9H5FN2O3. The standard InChI is InChI=1S/C9H5FN2O3/c10-4-1-5(9(14)15)8-6(2-4)11-12-7(8)3-13/h1-3H,(H,11,12)(H,14,15). The van der Waals surface area contributed by atoms with E-state index in [1.54, 1.807) is 0 Å². The zero-order valence-electron chi connectivity index (χ0n) is 7.32. The van der Waals surface area contributed by atoms with Crippen LogP contribution in [0.25, 0.3) is 10.9 Å². The third kappa shape index (κ3) is 1.35. The normalized spacial score (nSPS) is 10.5. The Hall–Kier alpha value is -2.24. The number of hydrogen-bond acceptors (Lipinski definition) is 3. The molecule has 1 heterocycles. The number of rotatable bonds is 2. The van der Waals surface area contributed by atoms with E-state index in [9.17, 15) is 14.0 Å². The lowest BCUT2D eigenvalue weighted by atomic mass is 10.1. The maximum absolute atomic E-state index is 13.0. The summed E-state index contributed by atoms with van der Waals surface area (Å²) in [5.74, 6) is -2.00. The van der Waals surface area contributed by atoms with E-state index in [1.165, 1.54) is 0 Å². The Labute approximate surface area is 82.5 Å². The van der Waals surface area contributed by atoms with Crippen molar-refractivity contribution in [3.8, 4) is 0 Å². The highest BCUT2D eigenvalue weighted by molar-refractivity contribution is 6.08. The minimum absolute atomic E-state index is 0.0394. The Kier molecular flexibility index (Phi) is 1.96. The molecule has 0 aliphatic rings. The highest BCUT2D eigenvalue weighted by atomic mass is 19.1. The van der Waals surface area contributed by atoms with Crippen LogP contribution >= 0.6 is 0 Å². The third-order valence-electron chi connectivity index (χ3n) is 2.00. The Morgan fingerprint density at radius 2 is 2.27 bits per heavy atom. The average molecular weight is 208 g/mol. The van der Waals surface area contributed by atoms with Crippen molar-refractivity contribution in [3.63, 3.8) is 0 Å². The molecule has 2 rings (SSSR count). The summed E-state index contributed by atoms with van der Waals surface area (Å²) in [7, 11) is 0. The van der Waals surface area contributed by atoms with Gasteiger partial charge < -0.3 is 5.11 Å². The van der Waals surface area contributed by atoms with Crippen LogP contribution in [0.2, 0.25) is 0 Å². The van der Waals surface area contributed by atoms with Crippen LogP contribution in [-0.2, 0) is 0 Å². The lowest BCUT2D eigenvalue weighted by Crippen LogP contribution is -1.99. The van der Waals surface area contributed by atoms with Crippen LogP contribution < -0.4 is 0 Å². The van der Waals surface area contributed by atoms with Crippen molar-refractivity contribution in [2.75, 3.05) is 0 Å². The van der Waals surface area contributed by atoms with E-state index in [0.29, 0.717) is 6.29 Å². The highest BCUT2D eigenvalue weighted by Crippen LogP contribution is 2.21. The SMILES string of the molecule is O=Cc1n[nH]c2cc(F)cc(C(=O)O)c12. The smallest absolute Gasteiger partial charge is 0.336 e. The summed E-state index contributed by atoms with van der Waals surface area (Å²) in [6, 6.07) is 1.94. The third-order valence-corrected chi connectivity index (χ3v) is 2.00. The lowest BCUT2D eigenvalue weighted by molar-refractivity contribution is 0.0698. The monoisotopic (exact) mass is 208 g/mol. The molecular weight excluding hydrogens is 203 g/mol. The number of nitrogens with zero attached hydrogens (tertiary/aromatic N) is 1. The Balaban J connectivity index is 2.91. The van der Waals surface area contributed by atoms with Crippen LogP contribution in [0.3, 0.4) is 0 Å². The molecule has 0 aliphatic carbocycles. The zero-order chi connectivity index (χ0) is 11.0. The van der Waals surface area contributed by atoms with Crippen molar-refractivity contribution < 1.29 is 19.1 Å². The maximum atomic E-state index is 13.0. The molecule has 0 spiro atoms. The Bertz CT molecular complexity index is 562. The summed E-state index contributed by atoms with van der Waals surface area (Å²) >= 11 is 0. The fraction of sp³-hybridized carbons (Fsp3) is 0. The molecule has 1 aromatic heterocycles. The van der Waals surface area contributed by atoms with E-state index >= 15 is 0 Å². The van der Waals surface area contributed by atoms with Crippen molar-refractivity contribution in [2.24, 2.45) is 0 Å². The number of H-pyrrole nitrogens is 1. The van der Waals surface area contributed by atoms with Gasteiger partial charge in [0.2, 0.25) is 0 Å². The molecule has 0 bridgehead atoms. The number of aromatic amines is 1. The fourth-order valence-corrected chi connectivity index (χ4v) is 1.40. The van der Waals surface area contributed by atoms with Crippen LogP contribution in [0.5, 0.6) is 0 Å². The molecule has 0 saturated heterocycles. The first-order valence-corrected chi connectivity index (χ1v) is 3.99. The highest BCUT2D eigenvalue weighted by Gasteiger charge is 2.16. The van der Waals surface area contributed by atoms with Crippen molar-refractivity contribution >= 4 is 23.2 Å². The van der Waals surface area contributed by atoms with Crippen LogP contribution in [-0.4, -0.2) is 27.6 Å². The van der Waals surface area contributed by atoms with Crippen molar-refractivity contribution in [2.45, 2.75) is 0 Å². The van der Waals surface area contributed by atoms with E-state index in [4.69, 9.17) is 5.11 Å². The molecule has 0 saturated carbocycles. The summed E-state index contributed by atoms with van der Waals surface area (Å²) in [5.41, 5.74) is -0.127. The molecule has 0 unspecified atom stereocenters. The first-order valence-electron chi connectivity index (χ1n) is 3.99. The number of aromatic nitrogens is 2. The van der Waals surface area contributed by atoms with Gasteiger partial charge in [0.1, 0.15) is 11.5 Å². The zero-order valence-corrected chi connectivity index (χ0v) is 7.32. The van der Waals surface area contributed by atoms with Gasteiger partial charge in [0.05, 0.1) is 11.1 Å². The van der Waals surface area contributed by atoms with Crippen molar-refractivity contribution in [3.05, 3.63) is 29.2 Å². The molecule has 0 atom stereocenters. The van der Waals surface area contributed by atoms with Crippen LogP contribution in [0.15, 0.2) is 12.1 Å². The maximum Gasteiger partial charge on any atom is 0.336 e. The van der Waals surface area contributed by atoms with Crippen LogP contribution in [0.1, 0.15) is 20.8 Å². The fourth-order valence-electron chi connectivity index (χ4n) is 1.40. The Morgan fingerprint density at radius 3 is 2.87 bits per heavy atom. The molecule has 1 aromatic carbocycles. The molecule has 2 aromatic rings. The molecule has 0 aliphatic heterocycles. The topological polar surface area (TPSA) is 83.0 Å². The minimum atomic E-state index is -1.30. The predicted molar refractivity (Wildman–Crippen MR) is 48.4 cm³/mol. The summed E-state index contributed by atoms with van der Waals surface area (Å²) < 4.78 is 13.0. The first-order chi connectivity index (χ1) is 7.13. The molecule has 0 radical (unpaired) electrons. The average Bonchev–Trinajstić information content (AvgIpc) is 2.58. The lowest BCUT2D eigenvalue weighted by Gasteiger charge is -1.97. The van der Waals surface area contributed by atoms with Gasteiger partial charge in [-0.15, -0.1) is 0 Å². The summed E-state index contributed by atoms with van der Waals surface area (Å²) in [6.07, 6.45) is 0.420. The van der Waals surface area contributed by atoms with E-state index in [-0.39, 0.29) is 22.2 Å². The molecule has 15 heavy (non-hydrogen) atoms. The molecule has 6 heteroatoms. The number of aldehydes is 1. The summed E-state index contributed by atoms with van der Waals surface area (Å²) in [5, 5.41) is 14.9. The van der Waals surface area contributed by atoms with Gasteiger partial charge in [-0.2, -0.15) is 5.10 Å². The first kappa shape index (κ1) is 9.32. The van der Waals surface area contributed by atoms with E-state index in [0.717, 1.165) is 12.1 Å². The largest absolute Gasteiger partial charge is 0.478 e. The van der Waals surface area contributed by atoms with Gasteiger partial charge in [0.25, 0.3) is 0 Å². The molecule has 0 fully saturated rings. The number of carboxylic acids is 1. The Morgan fingerprint density at radius 1 is 1.53 bits per heavy atom. The van der Waals surface area contributed by atoms with Crippen LogP contribution in [0, 0.1) is 5.82 Å².